The largest absolute Gasteiger partial charge is 0.357 e. The number of hydrogen-bond donors (Lipinski definition) is 1. The first-order valence-electron chi connectivity index (χ1n) is 5.70. The quantitative estimate of drug-likeness (QED) is 0.800. The molecule has 1 aromatic rings. The fourth-order valence-corrected chi connectivity index (χ4v) is 1.63. The van der Waals surface area contributed by atoms with Gasteiger partial charge in [-0.15, -0.1) is 11.0 Å². The molecule has 0 saturated carbocycles. The molecule has 0 bridgehead atoms. The number of aromatic nitrogens is 2. The van der Waals surface area contributed by atoms with Gasteiger partial charge in [0.25, 0.3) is 0 Å². The van der Waals surface area contributed by atoms with E-state index in [1.54, 1.807) is 6.92 Å². The molecule has 0 saturated heterocycles. The van der Waals surface area contributed by atoms with E-state index in [9.17, 15) is 5.26 Å². The molecule has 0 aliphatic rings. The second-order valence-corrected chi connectivity index (χ2v) is 3.45. The normalized spacial score (nSPS) is 9.06. The van der Waals surface area contributed by atoms with Gasteiger partial charge in [0.2, 0.25) is 0 Å². The van der Waals surface area contributed by atoms with Crippen LogP contribution < -0.4 is 5.32 Å². The van der Waals surface area contributed by atoms with E-state index in [0.29, 0.717) is 17.9 Å². The summed E-state index contributed by atoms with van der Waals surface area (Å²) in [6, 6.07) is 2.20. The van der Waals surface area contributed by atoms with Gasteiger partial charge in [0.15, 0.2) is 5.82 Å². The summed E-state index contributed by atoms with van der Waals surface area (Å²) in [6.45, 7) is 6.29. The lowest BCUT2D eigenvalue weighted by Crippen LogP contribution is -2.10. The Bertz CT molecular complexity index is 489. The number of rotatable bonds is 4. The molecule has 0 spiro atoms. The van der Waals surface area contributed by atoms with Gasteiger partial charge in [0.1, 0.15) is 11.6 Å². The van der Waals surface area contributed by atoms with Gasteiger partial charge in [-0.05, 0) is 25.3 Å². The average Bonchev–Trinajstić information content (AvgIpc) is 2.38. The molecule has 88 valence electrons. The summed E-state index contributed by atoms with van der Waals surface area (Å²) in [7, 11) is 0. The van der Waals surface area contributed by atoms with Crippen molar-refractivity contribution < 1.29 is 0 Å². The summed E-state index contributed by atoms with van der Waals surface area (Å²) in [6.07, 6.45) is 1.58. The molecule has 0 aromatic carbocycles. The van der Waals surface area contributed by atoms with Crippen LogP contribution in [0.25, 0.3) is 0 Å². The van der Waals surface area contributed by atoms with E-state index >= 15 is 0 Å². The zero-order valence-electron chi connectivity index (χ0n) is 10.5. The first-order chi connectivity index (χ1) is 8.28. The maximum atomic E-state index is 9.21. The lowest BCUT2D eigenvalue weighted by molar-refractivity contribution is 0.874. The fourth-order valence-electron chi connectivity index (χ4n) is 1.63. The van der Waals surface area contributed by atoms with E-state index < -0.39 is 0 Å². The van der Waals surface area contributed by atoms with Crippen LogP contribution in [-0.4, -0.2) is 16.7 Å². The van der Waals surface area contributed by atoms with Crippen LogP contribution in [0.4, 0.5) is 5.82 Å². The van der Waals surface area contributed by atoms with Crippen LogP contribution in [0.1, 0.15) is 37.6 Å². The van der Waals surface area contributed by atoms with Crippen LogP contribution in [0.5, 0.6) is 0 Å². The van der Waals surface area contributed by atoms with E-state index in [4.69, 9.17) is 0 Å². The predicted octanol–water partition coefficient (Wildman–Crippen LogP) is 1.91. The lowest BCUT2D eigenvalue weighted by Gasteiger charge is -2.10. The molecule has 4 nitrogen and oxygen atoms in total. The summed E-state index contributed by atoms with van der Waals surface area (Å²) in [5, 5.41) is 20.4. The van der Waals surface area contributed by atoms with Crippen LogP contribution in [0.15, 0.2) is 0 Å². The van der Waals surface area contributed by atoms with Gasteiger partial charge in [0, 0.05) is 0 Å². The van der Waals surface area contributed by atoms with Crippen LogP contribution in [0, 0.1) is 23.2 Å². The first kappa shape index (κ1) is 13.0. The van der Waals surface area contributed by atoms with Crippen LogP contribution in [0.2, 0.25) is 0 Å². The van der Waals surface area contributed by atoms with Crippen molar-refractivity contribution >= 4 is 5.82 Å². The number of nitriles is 1. The third-order valence-electron chi connectivity index (χ3n) is 2.48. The van der Waals surface area contributed by atoms with Crippen LogP contribution in [0.3, 0.4) is 0 Å². The summed E-state index contributed by atoms with van der Waals surface area (Å²) in [4.78, 5) is 0. The summed E-state index contributed by atoms with van der Waals surface area (Å²) in [5.41, 5.74) is 2.48. The Morgan fingerprint density at radius 3 is 2.53 bits per heavy atom. The van der Waals surface area contributed by atoms with Gasteiger partial charge in [0.05, 0.1) is 12.2 Å². The second kappa shape index (κ2) is 6.50. The number of aryl methyl sites for hydroxylation is 1. The molecule has 0 radical (unpaired) electrons. The van der Waals surface area contributed by atoms with E-state index in [0.717, 1.165) is 24.1 Å². The molecule has 0 fully saturated rings. The molecule has 0 unspecified atom stereocenters. The molecule has 1 aromatic heterocycles. The Kier molecular flexibility index (Phi) is 4.97. The average molecular weight is 228 g/mol. The highest BCUT2D eigenvalue weighted by atomic mass is 15.2. The SMILES string of the molecule is CC#CCNc1nnc(CC)c(CC)c1C#N. The standard InChI is InChI=1S/C13H16N4/c1-4-7-8-15-13-11(9-14)10(5-2)12(6-3)16-17-13/h5-6,8H2,1-3H3,(H,15,17). The maximum Gasteiger partial charge on any atom is 0.167 e. The van der Waals surface area contributed by atoms with Gasteiger partial charge in [-0.3, -0.25) is 0 Å². The van der Waals surface area contributed by atoms with Crippen molar-refractivity contribution in [2.45, 2.75) is 33.6 Å². The Morgan fingerprint density at radius 1 is 1.24 bits per heavy atom. The van der Waals surface area contributed by atoms with E-state index in [1.807, 2.05) is 13.8 Å². The summed E-state index contributed by atoms with van der Waals surface area (Å²) >= 11 is 0. The Labute approximate surface area is 102 Å². The van der Waals surface area contributed by atoms with E-state index in [-0.39, 0.29) is 0 Å². The van der Waals surface area contributed by atoms with E-state index in [1.165, 1.54) is 0 Å². The Balaban J connectivity index is 3.13. The first-order valence-corrected chi connectivity index (χ1v) is 5.70. The minimum Gasteiger partial charge on any atom is -0.357 e. The van der Waals surface area contributed by atoms with Crippen molar-refractivity contribution in [3.8, 4) is 17.9 Å². The second-order valence-electron chi connectivity index (χ2n) is 3.45. The highest BCUT2D eigenvalue weighted by Gasteiger charge is 2.13. The van der Waals surface area contributed by atoms with Crippen LogP contribution in [-0.2, 0) is 12.8 Å². The highest BCUT2D eigenvalue weighted by Crippen LogP contribution is 2.19. The molecule has 0 amide bonds. The number of nitrogens with one attached hydrogen (secondary N) is 1. The van der Waals surface area contributed by atoms with Crippen molar-refractivity contribution in [2.75, 3.05) is 11.9 Å². The fraction of sp³-hybridized carbons (Fsp3) is 0.462. The monoisotopic (exact) mass is 228 g/mol. The molecule has 1 N–H and O–H groups in total. The predicted molar refractivity (Wildman–Crippen MR) is 67.4 cm³/mol. The Morgan fingerprint density at radius 2 is 2.00 bits per heavy atom. The van der Waals surface area contributed by atoms with Gasteiger partial charge in [-0.25, -0.2) is 0 Å². The molecule has 17 heavy (non-hydrogen) atoms. The molecular formula is C13H16N4. The third kappa shape index (κ3) is 2.95. The Hall–Kier alpha value is -2.07. The minimum absolute atomic E-state index is 0.481. The highest BCUT2D eigenvalue weighted by molar-refractivity contribution is 5.56. The molecule has 1 rings (SSSR count). The van der Waals surface area contributed by atoms with Crippen molar-refractivity contribution in [3.63, 3.8) is 0 Å². The van der Waals surface area contributed by atoms with Crippen molar-refractivity contribution in [3.05, 3.63) is 16.8 Å². The maximum absolute atomic E-state index is 9.21. The number of anilines is 1. The summed E-state index contributed by atoms with van der Waals surface area (Å²) < 4.78 is 0. The molecule has 0 atom stereocenters. The molecule has 0 aliphatic carbocycles. The minimum atomic E-state index is 0.481. The number of hydrogen-bond acceptors (Lipinski definition) is 4. The third-order valence-corrected chi connectivity index (χ3v) is 2.48. The van der Waals surface area contributed by atoms with Gasteiger partial charge >= 0.3 is 0 Å². The topological polar surface area (TPSA) is 61.6 Å². The zero-order chi connectivity index (χ0) is 12.7. The van der Waals surface area contributed by atoms with Gasteiger partial charge < -0.3 is 5.32 Å². The molecule has 4 heteroatoms. The summed E-state index contributed by atoms with van der Waals surface area (Å²) in [5.74, 6) is 6.19. The smallest absolute Gasteiger partial charge is 0.167 e. The zero-order valence-corrected chi connectivity index (χ0v) is 10.5. The van der Waals surface area contributed by atoms with Gasteiger partial charge in [-0.2, -0.15) is 10.4 Å². The van der Waals surface area contributed by atoms with Crippen molar-refractivity contribution in [2.24, 2.45) is 0 Å². The molecule has 1 heterocycles. The number of nitrogens with zero attached hydrogens (tertiary/aromatic N) is 3. The van der Waals surface area contributed by atoms with Crippen molar-refractivity contribution in [1.29, 1.82) is 5.26 Å². The molecular weight excluding hydrogens is 212 g/mol. The van der Waals surface area contributed by atoms with Gasteiger partial charge in [-0.1, -0.05) is 19.8 Å². The van der Waals surface area contributed by atoms with Crippen molar-refractivity contribution in [1.82, 2.24) is 10.2 Å². The van der Waals surface area contributed by atoms with E-state index in [2.05, 4.69) is 33.4 Å². The molecule has 0 aliphatic heterocycles. The lowest BCUT2D eigenvalue weighted by atomic mass is 10.0. The van der Waals surface area contributed by atoms with Crippen LogP contribution >= 0.6 is 0 Å².